The lowest BCUT2D eigenvalue weighted by Crippen LogP contribution is -2.39. The van der Waals surface area contributed by atoms with E-state index in [4.69, 9.17) is 0 Å². The molecule has 100 valence electrons. The number of nitrogens with one attached hydrogen (secondary N) is 1. The normalized spacial score (nSPS) is 18.4. The Morgan fingerprint density at radius 3 is 2.58 bits per heavy atom. The summed E-state index contributed by atoms with van der Waals surface area (Å²) in [5, 5.41) is 21.7. The molecule has 0 amide bonds. The first kappa shape index (κ1) is 12.3. The Balaban J connectivity index is 1.71. The van der Waals surface area contributed by atoms with Crippen LogP contribution in [0.5, 0.6) is 0 Å². The minimum atomic E-state index is -0.618. The van der Waals surface area contributed by atoms with Crippen LogP contribution in [0.4, 0.5) is 5.95 Å². The van der Waals surface area contributed by atoms with Crippen LogP contribution in [0, 0.1) is 0 Å². The van der Waals surface area contributed by atoms with Gasteiger partial charge in [-0.15, -0.1) is 10.2 Å². The van der Waals surface area contributed by atoms with E-state index in [1.54, 1.807) is 0 Å². The third-order valence-electron chi connectivity index (χ3n) is 3.72. The predicted octanol–water partition coefficient (Wildman–Crippen LogP) is 2.13. The van der Waals surface area contributed by atoms with Gasteiger partial charge in [0.2, 0.25) is 5.95 Å². The van der Waals surface area contributed by atoms with Gasteiger partial charge in [-0.05, 0) is 25.0 Å². The molecule has 1 aliphatic carbocycles. The van der Waals surface area contributed by atoms with Crippen molar-refractivity contribution in [3.05, 3.63) is 24.3 Å². The van der Waals surface area contributed by atoms with Gasteiger partial charge in [0, 0.05) is 6.54 Å². The van der Waals surface area contributed by atoms with Crippen LogP contribution < -0.4 is 5.32 Å². The highest BCUT2D eigenvalue weighted by Crippen LogP contribution is 2.27. The van der Waals surface area contributed by atoms with Crippen molar-refractivity contribution >= 4 is 17.0 Å². The van der Waals surface area contributed by atoms with Crippen LogP contribution in [0.25, 0.3) is 11.0 Å². The Kier molecular flexibility index (Phi) is 3.29. The second kappa shape index (κ2) is 5.09. The van der Waals surface area contributed by atoms with Gasteiger partial charge in [-0.2, -0.15) is 0 Å². The molecule has 1 heterocycles. The van der Waals surface area contributed by atoms with Crippen molar-refractivity contribution in [1.29, 1.82) is 0 Å². The maximum atomic E-state index is 10.4. The molecule has 0 atom stereocenters. The molecule has 1 aromatic heterocycles. The van der Waals surface area contributed by atoms with E-state index in [9.17, 15) is 5.11 Å². The number of hydrogen-bond acceptors (Lipinski definition) is 5. The molecule has 2 N–H and O–H groups in total. The van der Waals surface area contributed by atoms with E-state index >= 15 is 0 Å². The first-order valence-electron chi connectivity index (χ1n) is 6.81. The number of para-hydroxylation sites is 1. The Morgan fingerprint density at radius 2 is 1.79 bits per heavy atom. The quantitative estimate of drug-likeness (QED) is 0.882. The summed E-state index contributed by atoms with van der Waals surface area (Å²) >= 11 is 0. The minimum Gasteiger partial charge on any atom is -0.388 e. The van der Waals surface area contributed by atoms with Gasteiger partial charge in [-0.1, -0.05) is 31.4 Å². The lowest BCUT2D eigenvalue weighted by molar-refractivity contribution is 0.0166. The second-order valence-corrected chi connectivity index (χ2v) is 5.26. The summed E-state index contributed by atoms with van der Waals surface area (Å²) in [6, 6.07) is 7.63. The van der Waals surface area contributed by atoms with Crippen molar-refractivity contribution in [2.45, 2.75) is 37.7 Å². The molecule has 0 unspecified atom stereocenters. The number of aliphatic hydroxyl groups is 1. The fourth-order valence-corrected chi connectivity index (χ4v) is 2.59. The maximum absolute atomic E-state index is 10.4. The first-order valence-corrected chi connectivity index (χ1v) is 6.81. The molecule has 1 fully saturated rings. The van der Waals surface area contributed by atoms with E-state index in [0.717, 1.165) is 36.7 Å². The highest BCUT2D eigenvalue weighted by Gasteiger charge is 2.29. The molecule has 1 aromatic carbocycles. The minimum absolute atomic E-state index is 0.484. The van der Waals surface area contributed by atoms with Crippen molar-refractivity contribution in [3.8, 4) is 0 Å². The summed E-state index contributed by atoms with van der Waals surface area (Å²) in [4.78, 5) is 4.39. The molecule has 0 radical (unpaired) electrons. The number of fused-ring (bicyclic) bond motifs is 1. The van der Waals surface area contributed by atoms with Crippen LogP contribution >= 0.6 is 0 Å². The fourth-order valence-electron chi connectivity index (χ4n) is 2.59. The predicted molar refractivity (Wildman–Crippen MR) is 73.9 cm³/mol. The Morgan fingerprint density at radius 1 is 1.05 bits per heavy atom. The zero-order valence-corrected chi connectivity index (χ0v) is 10.8. The molecular formula is C14H18N4O. The van der Waals surface area contributed by atoms with Gasteiger partial charge in [0.05, 0.1) is 11.1 Å². The lowest BCUT2D eigenvalue weighted by atomic mass is 9.85. The summed E-state index contributed by atoms with van der Waals surface area (Å²) in [6.07, 6.45) is 5.10. The van der Waals surface area contributed by atoms with Crippen LogP contribution in [0.1, 0.15) is 32.1 Å². The fraction of sp³-hybridized carbons (Fsp3) is 0.500. The number of hydrogen-bond donors (Lipinski definition) is 2. The van der Waals surface area contributed by atoms with Crippen LogP contribution in [0.15, 0.2) is 24.3 Å². The average Bonchev–Trinajstić information content (AvgIpc) is 2.46. The monoisotopic (exact) mass is 258 g/mol. The Hall–Kier alpha value is -1.75. The molecule has 1 saturated carbocycles. The molecule has 19 heavy (non-hydrogen) atoms. The zero-order valence-electron chi connectivity index (χ0n) is 10.8. The molecule has 5 nitrogen and oxygen atoms in total. The SMILES string of the molecule is OC1(CNc2nnc3ccccc3n2)CCCCC1. The Bertz CT molecular complexity index is 566. The summed E-state index contributed by atoms with van der Waals surface area (Å²) in [6.45, 7) is 0.493. The number of anilines is 1. The standard InChI is InChI=1S/C14H18N4O/c19-14(8-4-1-5-9-14)10-15-13-16-11-6-2-3-7-12(11)17-18-13/h2-3,6-7,19H,1,4-5,8-10H2,(H,15,16,18). The van der Waals surface area contributed by atoms with E-state index < -0.39 is 5.60 Å². The van der Waals surface area contributed by atoms with Gasteiger partial charge < -0.3 is 10.4 Å². The molecule has 0 aliphatic heterocycles. The zero-order chi connectivity index (χ0) is 13.1. The highest BCUT2D eigenvalue weighted by molar-refractivity contribution is 5.73. The molecule has 2 aromatic rings. The summed E-state index contributed by atoms with van der Waals surface area (Å²) in [7, 11) is 0. The summed E-state index contributed by atoms with van der Waals surface area (Å²) in [5.41, 5.74) is 0.979. The third-order valence-corrected chi connectivity index (χ3v) is 3.72. The summed E-state index contributed by atoms with van der Waals surface area (Å²) in [5.74, 6) is 0.484. The highest BCUT2D eigenvalue weighted by atomic mass is 16.3. The van der Waals surface area contributed by atoms with E-state index in [0.29, 0.717) is 12.5 Å². The molecule has 0 saturated heterocycles. The Labute approximate surface area is 112 Å². The van der Waals surface area contributed by atoms with Crippen LogP contribution in [0.2, 0.25) is 0 Å². The van der Waals surface area contributed by atoms with Gasteiger partial charge in [-0.25, -0.2) is 4.98 Å². The van der Waals surface area contributed by atoms with Crippen LogP contribution in [-0.2, 0) is 0 Å². The van der Waals surface area contributed by atoms with Crippen molar-refractivity contribution in [2.75, 3.05) is 11.9 Å². The van der Waals surface area contributed by atoms with E-state index in [2.05, 4.69) is 20.5 Å². The number of rotatable bonds is 3. The number of nitrogens with zero attached hydrogens (tertiary/aromatic N) is 3. The van der Waals surface area contributed by atoms with Crippen molar-refractivity contribution in [3.63, 3.8) is 0 Å². The van der Waals surface area contributed by atoms with E-state index in [1.165, 1.54) is 6.42 Å². The molecule has 0 bridgehead atoms. The van der Waals surface area contributed by atoms with Gasteiger partial charge in [-0.3, -0.25) is 0 Å². The molecule has 0 spiro atoms. The number of benzene rings is 1. The molecule has 3 rings (SSSR count). The van der Waals surface area contributed by atoms with E-state index in [-0.39, 0.29) is 0 Å². The van der Waals surface area contributed by atoms with Gasteiger partial charge in [0.25, 0.3) is 0 Å². The van der Waals surface area contributed by atoms with E-state index in [1.807, 2.05) is 24.3 Å². The third kappa shape index (κ3) is 2.81. The summed E-state index contributed by atoms with van der Waals surface area (Å²) < 4.78 is 0. The topological polar surface area (TPSA) is 70.9 Å². The van der Waals surface area contributed by atoms with Crippen molar-refractivity contribution < 1.29 is 5.11 Å². The molecule has 5 heteroatoms. The number of aromatic nitrogens is 3. The lowest BCUT2D eigenvalue weighted by Gasteiger charge is -2.31. The van der Waals surface area contributed by atoms with Gasteiger partial charge in [0.1, 0.15) is 5.52 Å². The van der Waals surface area contributed by atoms with Crippen molar-refractivity contribution in [1.82, 2.24) is 15.2 Å². The first-order chi connectivity index (χ1) is 9.25. The van der Waals surface area contributed by atoms with Gasteiger partial charge >= 0.3 is 0 Å². The van der Waals surface area contributed by atoms with Crippen LogP contribution in [0.3, 0.4) is 0 Å². The maximum Gasteiger partial charge on any atom is 0.243 e. The second-order valence-electron chi connectivity index (χ2n) is 5.26. The molecular weight excluding hydrogens is 240 g/mol. The van der Waals surface area contributed by atoms with Gasteiger partial charge in [0.15, 0.2) is 0 Å². The van der Waals surface area contributed by atoms with Crippen molar-refractivity contribution in [2.24, 2.45) is 0 Å². The molecule has 1 aliphatic rings. The smallest absolute Gasteiger partial charge is 0.243 e. The largest absolute Gasteiger partial charge is 0.388 e. The van der Waals surface area contributed by atoms with Crippen LogP contribution in [-0.4, -0.2) is 32.4 Å². The average molecular weight is 258 g/mol.